The van der Waals surface area contributed by atoms with Crippen LogP contribution < -0.4 is 5.32 Å². The number of urea groups is 1. The molecule has 0 unspecified atom stereocenters. The Morgan fingerprint density at radius 3 is 2.50 bits per heavy atom. The third-order valence-electron chi connectivity index (χ3n) is 4.38. The van der Waals surface area contributed by atoms with Crippen LogP contribution in [0.2, 0.25) is 0 Å². The number of rotatable bonds is 3. The fraction of sp³-hybridized carbons (Fsp3) is 0.562. The number of hydrogen-bond acceptors (Lipinski definition) is 2. The molecule has 8 heteroatoms. The molecule has 0 bridgehead atoms. The molecule has 1 heterocycles. The number of hydrogen-bond donors (Lipinski definition) is 2. The highest BCUT2D eigenvalue weighted by atomic mass is 19.4. The molecule has 2 N–H and O–H groups in total. The smallest absolute Gasteiger partial charge is 0.380 e. The van der Waals surface area contributed by atoms with E-state index in [4.69, 9.17) is 0 Å². The van der Waals surface area contributed by atoms with Crippen LogP contribution in [-0.4, -0.2) is 47.4 Å². The first-order chi connectivity index (χ1) is 11.1. The van der Waals surface area contributed by atoms with Crippen molar-refractivity contribution in [3.05, 3.63) is 35.1 Å². The summed E-state index contributed by atoms with van der Waals surface area (Å²) in [6.07, 6.45) is -5.24. The van der Waals surface area contributed by atoms with E-state index in [1.165, 1.54) is 17.0 Å². The molecule has 0 spiro atoms. The van der Waals surface area contributed by atoms with Crippen molar-refractivity contribution in [2.75, 3.05) is 19.6 Å². The number of aryl methyl sites for hydroxylation is 1. The number of likely N-dealkylation sites (tertiary alicyclic amines) is 1. The number of carbonyl (C=O) groups is 1. The Morgan fingerprint density at radius 2 is 1.96 bits per heavy atom. The van der Waals surface area contributed by atoms with Crippen molar-refractivity contribution < 1.29 is 27.5 Å². The molecule has 1 aliphatic heterocycles. The fourth-order valence-corrected chi connectivity index (χ4v) is 2.72. The summed E-state index contributed by atoms with van der Waals surface area (Å²) in [5.41, 5.74) is -1.05. The van der Waals surface area contributed by atoms with Gasteiger partial charge in [0.25, 0.3) is 0 Å². The monoisotopic (exact) mass is 348 g/mol. The molecule has 2 rings (SSSR count). The lowest BCUT2D eigenvalue weighted by atomic mass is 9.91. The summed E-state index contributed by atoms with van der Waals surface area (Å²) in [6.45, 7) is 1.75. The van der Waals surface area contributed by atoms with Crippen molar-refractivity contribution >= 4 is 6.03 Å². The van der Waals surface area contributed by atoms with E-state index in [9.17, 15) is 27.5 Å². The molecule has 2 amide bonds. The van der Waals surface area contributed by atoms with E-state index < -0.39 is 30.7 Å². The molecule has 24 heavy (non-hydrogen) atoms. The van der Waals surface area contributed by atoms with Gasteiger partial charge < -0.3 is 15.3 Å². The molecular formula is C16H20F4N2O2. The van der Waals surface area contributed by atoms with E-state index in [1.54, 1.807) is 13.0 Å². The maximum atomic E-state index is 13.0. The zero-order chi connectivity index (χ0) is 18.0. The van der Waals surface area contributed by atoms with E-state index in [2.05, 4.69) is 5.32 Å². The minimum atomic E-state index is -4.68. The summed E-state index contributed by atoms with van der Waals surface area (Å²) in [6, 6.07) is 3.92. The van der Waals surface area contributed by atoms with Crippen molar-refractivity contribution in [1.29, 1.82) is 0 Å². The highest BCUT2D eigenvalue weighted by Crippen LogP contribution is 2.38. The largest absolute Gasteiger partial charge is 0.417 e. The molecule has 1 aromatic rings. The summed E-state index contributed by atoms with van der Waals surface area (Å²) < 4.78 is 51.2. The summed E-state index contributed by atoms with van der Waals surface area (Å²) in [5, 5.41) is 12.2. The van der Waals surface area contributed by atoms with Gasteiger partial charge in [-0.1, -0.05) is 6.07 Å². The van der Waals surface area contributed by atoms with Crippen molar-refractivity contribution in [3.63, 3.8) is 0 Å². The second kappa shape index (κ2) is 6.96. The van der Waals surface area contributed by atoms with Crippen molar-refractivity contribution in [2.24, 2.45) is 0 Å². The van der Waals surface area contributed by atoms with Gasteiger partial charge in [0.05, 0.1) is 0 Å². The Bertz CT molecular complexity index is 596. The lowest BCUT2D eigenvalue weighted by Gasteiger charge is -2.39. The number of alkyl halides is 3. The van der Waals surface area contributed by atoms with Crippen LogP contribution in [0.25, 0.3) is 0 Å². The maximum absolute atomic E-state index is 13.0. The van der Waals surface area contributed by atoms with Crippen LogP contribution in [0, 0.1) is 12.7 Å². The first-order valence-corrected chi connectivity index (χ1v) is 7.69. The number of nitrogens with zero attached hydrogens (tertiary/aromatic N) is 1. The van der Waals surface area contributed by atoms with Gasteiger partial charge in [0.1, 0.15) is 5.82 Å². The first-order valence-electron chi connectivity index (χ1n) is 7.69. The number of carbonyl (C=O) groups excluding carboxylic acids is 1. The minimum Gasteiger partial charge on any atom is -0.380 e. The van der Waals surface area contributed by atoms with E-state index in [0.717, 1.165) is 11.1 Å². The number of halogens is 4. The molecule has 1 fully saturated rings. The van der Waals surface area contributed by atoms with Gasteiger partial charge in [-0.15, -0.1) is 0 Å². The Labute approximate surface area is 137 Å². The normalized spacial score (nSPS) is 17.7. The number of benzene rings is 1. The lowest BCUT2D eigenvalue weighted by Crippen LogP contribution is -2.55. The average Bonchev–Trinajstić information content (AvgIpc) is 2.49. The van der Waals surface area contributed by atoms with Crippen LogP contribution in [0.5, 0.6) is 0 Å². The summed E-state index contributed by atoms with van der Waals surface area (Å²) in [7, 11) is 0. The van der Waals surface area contributed by atoms with Gasteiger partial charge in [-0.05, 0) is 36.6 Å². The fourth-order valence-electron chi connectivity index (χ4n) is 2.72. The molecule has 0 atom stereocenters. The quantitative estimate of drug-likeness (QED) is 0.826. The molecule has 0 aromatic heterocycles. The molecule has 134 valence electrons. The molecule has 0 radical (unpaired) electrons. The molecule has 1 aromatic carbocycles. The lowest BCUT2D eigenvalue weighted by molar-refractivity contribution is -0.271. The second-order valence-corrected chi connectivity index (χ2v) is 6.07. The Hall–Kier alpha value is -1.83. The average molecular weight is 348 g/mol. The van der Waals surface area contributed by atoms with E-state index in [0.29, 0.717) is 13.0 Å². The van der Waals surface area contributed by atoms with Gasteiger partial charge in [-0.2, -0.15) is 13.2 Å². The molecule has 1 saturated heterocycles. The van der Waals surface area contributed by atoms with Gasteiger partial charge >= 0.3 is 12.2 Å². The van der Waals surface area contributed by atoms with Crippen LogP contribution >= 0.6 is 0 Å². The predicted octanol–water partition coefficient (Wildman–Crippen LogP) is 2.78. The molecular weight excluding hydrogens is 328 g/mol. The molecule has 1 aliphatic rings. The zero-order valence-electron chi connectivity index (χ0n) is 13.3. The number of amides is 2. The highest BCUT2D eigenvalue weighted by Gasteiger charge is 2.54. The third-order valence-corrected chi connectivity index (χ3v) is 4.38. The highest BCUT2D eigenvalue weighted by molar-refractivity contribution is 5.74. The summed E-state index contributed by atoms with van der Waals surface area (Å²) in [4.78, 5) is 13.2. The van der Waals surface area contributed by atoms with Crippen LogP contribution in [-0.2, 0) is 6.42 Å². The van der Waals surface area contributed by atoms with Crippen molar-refractivity contribution in [1.82, 2.24) is 10.2 Å². The molecule has 0 saturated carbocycles. The first kappa shape index (κ1) is 18.5. The maximum Gasteiger partial charge on any atom is 0.417 e. The SMILES string of the molecule is Cc1cc(F)ccc1CCNC(=O)N1CCC(O)(C(F)(F)F)CC1. The Balaban J connectivity index is 1.80. The topological polar surface area (TPSA) is 52.6 Å². The number of piperidine rings is 1. The second-order valence-electron chi connectivity index (χ2n) is 6.07. The van der Waals surface area contributed by atoms with Crippen LogP contribution in [0.3, 0.4) is 0 Å². The summed E-state index contributed by atoms with van der Waals surface area (Å²) >= 11 is 0. The van der Waals surface area contributed by atoms with E-state index in [-0.39, 0.29) is 18.9 Å². The van der Waals surface area contributed by atoms with Crippen molar-refractivity contribution in [2.45, 2.75) is 38.0 Å². The standard InChI is InChI=1S/C16H20F4N2O2/c1-11-10-13(17)3-2-12(11)4-7-21-14(23)22-8-5-15(24,6-9-22)16(18,19)20/h2-3,10,24H,4-9H2,1H3,(H,21,23). The van der Waals surface area contributed by atoms with Gasteiger partial charge in [0, 0.05) is 32.5 Å². The van der Waals surface area contributed by atoms with Gasteiger partial charge in [-0.3, -0.25) is 0 Å². The minimum absolute atomic E-state index is 0.155. The third kappa shape index (κ3) is 4.17. The Kier molecular flexibility index (Phi) is 5.37. The number of nitrogens with one attached hydrogen (secondary N) is 1. The van der Waals surface area contributed by atoms with Gasteiger partial charge in [0.15, 0.2) is 5.60 Å². The Morgan fingerprint density at radius 1 is 1.33 bits per heavy atom. The van der Waals surface area contributed by atoms with E-state index >= 15 is 0 Å². The summed E-state index contributed by atoms with van der Waals surface area (Å²) in [5.74, 6) is -0.328. The zero-order valence-corrected chi connectivity index (χ0v) is 13.3. The molecule has 4 nitrogen and oxygen atoms in total. The predicted molar refractivity (Wildman–Crippen MR) is 80.1 cm³/mol. The molecule has 0 aliphatic carbocycles. The number of aliphatic hydroxyl groups is 1. The van der Waals surface area contributed by atoms with E-state index in [1.807, 2.05) is 0 Å². The van der Waals surface area contributed by atoms with Crippen LogP contribution in [0.4, 0.5) is 22.4 Å². The van der Waals surface area contributed by atoms with Gasteiger partial charge in [0.2, 0.25) is 0 Å². The van der Waals surface area contributed by atoms with Gasteiger partial charge in [-0.25, -0.2) is 9.18 Å². The van der Waals surface area contributed by atoms with Crippen LogP contribution in [0.15, 0.2) is 18.2 Å². The van der Waals surface area contributed by atoms with Crippen molar-refractivity contribution in [3.8, 4) is 0 Å². The van der Waals surface area contributed by atoms with Crippen LogP contribution in [0.1, 0.15) is 24.0 Å².